The molecule has 0 fully saturated rings. The van der Waals surface area contributed by atoms with E-state index >= 15 is 0 Å². The highest BCUT2D eigenvalue weighted by molar-refractivity contribution is 5.90. The standard InChI is InChI=1S/C32H40N2/c1-3-5-15-23-33-31(25-27-17-9-7-10-18-27)29-21-13-14-22-30(29)32(34-24-16-6-4-2)26-28-19-11-8-12-20-28/h7-14,17-22,25-26,33-34H,3-6,15-16,23-24H2,1-2H3. The molecular formula is C32H40N2. The summed E-state index contributed by atoms with van der Waals surface area (Å²) in [6, 6.07) is 30.0. The fraction of sp³-hybridized carbons (Fsp3) is 0.312. The molecule has 3 aromatic carbocycles. The first kappa shape index (κ1) is 25.4. The summed E-state index contributed by atoms with van der Waals surface area (Å²) in [7, 11) is 0. The van der Waals surface area contributed by atoms with Crippen molar-refractivity contribution >= 4 is 23.5 Å². The molecule has 0 aromatic heterocycles. The first-order chi connectivity index (χ1) is 16.8. The first-order valence-electron chi connectivity index (χ1n) is 12.9. The van der Waals surface area contributed by atoms with Crippen LogP contribution in [0.5, 0.6) is 0 Å². The third-order valence-corrected chi connectivity index (χ3v) is 5.92. The van der Waals surface area contributed by atoms with E-state index in [1.807, 2.05) is 0 Å². The highest BCUT2D eigenvalue weighted by atomic mass is 14.9. The van der Waals surface area contributed by atoms with E-state index in [0.29, 0.717) is 0 Å². The van der Waals surface area contributed by atoms with Crippen molar-refractivity contribution in [3.05, 3.63) is 107 Å². The lowest BCUT2D eigenvalue weighted by atomic mass is 9.98. The van der Waals surface area contributed by atoms with Gasteiger partial charge in [-0.15, -0.1) is 0 Å². The van der Waals surface area contributed by atoms with Crippen LogP contribution in [0.1, 0.15) is 74.6 Å². The highest BCUT2D eigenvalue weighted by Gasteiger charge is 2.12. The van der Waals surface area contributed by atoms with E-state index in [1.165, 1.54) is 72.2 Å². The summed E-state index contributed by atoms with van der Waals surface area (Å²) in [5.74, 6) is 0. The molecule has 0 amide bonds. The zero-order valence-corrected chi connectivity index (χ0v) is 20.9. The molecular weight excluding hydrogens is 412 g/mol. The van der Waals surface area contributed by atoms with Crippen molar-refractivity contribution in [2.75, 3.05) is 13.1 Å². The predicted octanol–water partition coefficient (Wildman–Crippen LogP) is 8.24. The van der Waals surface area contributed by atoms with E-state index in [1.54, 1.807) is 0 Å². The van der Waals surface area contributed by atoms with Crippen LogP contribution in [0.4, 0.5) is 0 Å². The molecule has 178 valence electrons. The minimum absolute atomic E-state index is 0.975. The van der Waals surface area contributed by atoms with Gasteiger partial charge in [0, 0.05) is 35.6 Å². The predicted molar refractivity (Wildman–Crippen MR) is 150 cm³/mol. The smallest absolute Gasteiger partial charge is 0.0426 e. The van der Waals surface area contributed by atoms with Gasteiger partial charge in [-0.1, -0.05) is 124 Å². The van der Waals surface area contributed by atoms with Crippen molar-refractivity contribution in [1.82, 2.24) is 10.6 Å². The van der Waals surface area contributed by atoms with Crippen molar-refractivity contribution in [3.8, 4) is 0 Å². The van der Waals surface area contributed by atoms with Gasteiger partial charge in [0.25, 0.3) is 0 Å². The summed E-state index contributed by atoms with van der Waals surface area (Å²) in [4.78, 5) is 0. The van der Waals surface area contributed by atoms with E-state index in [-0.39, 0.29) is 0 Å². The maximum Gasteiger partial charge on any atom is 0.0426 e. The molecule has 3 aromatic rings. The number of hydrogen-bond acceptors (Lipinski definition) is 2. The lowest BCUT2D eigenvalue weighted by Crippen LogP contribution is -2.18. The molecule has 0 radical (unpaired) electrons. The number of unbranched alkanes of at least 4 members (excludes halogenated alkanes) is 4. The minimum Gasteiger partial charge on any atom is -0.385 e. The van der Waals surface area contributed by atoms with E-state index in [0.717, 1.165) is 13.1 Å². The molecule has 0 unspecified atom stereocenters. The van der Waals surface area contributed by atoms with Crippen LogP contribution in [0.3, 0.4) is 0 Å². The Labute approximate surface area is 206 Å². The summed E-state index contributed by atoms with van der Waals surface area (Å²) in [6.07, 6.45) is 11.8. The Morgan fingerprint density at radius 3 is 1.29 bits per heavy atom. The maximum absolute atomic E-state index is 3.76. The van der Waals surface area contributed by atoms with Crippen LogP contribution in [0.15, 0.2) is 84.9 Å². The van der Waals surface area contributed by atoms with Gasteiger partial charge in [-0.2, -0.15) is 0 Å². The third-order valence-electron chi connectivity index (χ3n) is 5.92. The molecule has 3 rings (SSSR count). The Hall–Kier alpha value is -3.26. The fourth-order valence-corrected chi connectivity index (χ4v) is 4.03. The Kier molecular flexibility index (Phi) is 11.0. The van der Waals surface area contributed by atoms with Gasteiger partial charge in [0.15, 0.2) is 0 Å². The molecule has 0 aliphatic heterocycles. The highest BCUT2D eigenvalue weighted by Crippen LogP contribution is 2.26. The van der Waals surface area contributed by atoms with Gasteiger partial charge in [0.05, 0.1) is 0 Å². The molecule has 0 saturated heterocycles. The second-order valence-electron chi connectivity index (χ2n) is 8.75. The van der Waals surface area contributed by atoms with E-state index in [9.17, 15) is 0 Å². The minimum atomic E-state index is 0.975. The molecule has 0 spiro atoms. The third kappa shape index (κ3) is 8.26. The summed E-state index contributed by atoms with van der Waals surface area (Å²) >= 11 is 0. The van der Waals surface area contributed by atoms with E-state index in [4.69, 9.17) is 0 Å². The van der Waals surface area contributed by atoms with Crippen LogP contribution in [0.2, 0.25) is 0 Å². The summed E-state index contributed by atoms with van der Waals surface area (Å²) in [5, 5.41) is 7.52. The fourth-order valence-electron chi connectivity index (χ4n) is 4.03. The van der Waals surface area contributed by atoms with Crippen LogP contribution in [0.25, 0.3) is 23.5 Å². The van der Waals surface area contributed by atoms with Crippen LogP contribution in [-0.4, -0.2) is 13.1 Å². The average Bonchev–Trinajstić information content (AvgIpc) is 2.89. The molecule has 0 aliphatic carbocycles. The zero-order chi connectivity index (χ0) is 23.8. The molecule has 2 N–H and O–H groups in total. The quantitative estimate of drug-likeness (QED) is 0.190. The van der Waals surface area contributed by atoms with Gasteiger partial charge in [-0.05, 0) is 36.1 Å². The van der Waals surface area contributed by atoms with Gasteiger partial charge in [-0.3, -0.25) is 0 Å². The maximum atomic E-state index is 3.76. The molecule has 0 saturated carbocycles. The van der Waals surface area contributed by atoms with Crippen molar-refractivity contribution in [2.24, 2.45) is 0 Å². The van der Waals surface area contributed by atoms with Gasteiger partial charge < -0.3 is 10.6 Å². The van der Waals surface area contributed by atoms with Crippen LogP contribution in [0, 0.1) is 0 Å². The number of hydrogen-bond donors (Lipinski definition) is 2. The topological polar surface area (TPSA) is 24.1 Å². The van der Waals surface area contributed by atoms with Gasteiger partial charge in [-0.25, -0.2) is 0 Å². The Morgan fingerprint density at radius 1 is 0.529 bits per heavy atom. The Balaban J connectivity index is 2.00. The molecule has 0 atom stereocenters. The monoisotopic (exact) mass is 452 g/mol. The van der Waals surface area contributed by atoms with Crippen LogP contribution in [-0.2, 0) is 0 Å². The molecule has 0 heterocycles. The normalized spacial score (nSPS) is 11.9. The van der Waals surface area contributed by atoms with E-state index < -0.39 is 0 Å². The van der Waals surface area contributed by atoms with E-state index in [2.05, 4.69) is 122 Å². The zero-order valence-electron chi connectivity index (χ0n) is 20.9. The van der Waals surface area contributed by atoms with Gasteiger partial charge >= 0.3 is 0 Å². The number of rotatable bonds is 14. The van der Waals surface area contributed by atoms with Crippen molar-refractivity contribution < 1.29 is 0 Å². The second-order valence-corrected chi connectivity index (χ2v) is 8.75. The lowest BCUT2D eigenvalue weighted by Gasteiger charge is -2.19. The second kappa shape index (κ2) is 14.8. The Morgan fingerprint density at radius 2 is 0.912 bits per heavy atom. The summed E-state index contributed by atoms with van der Waals surface area (Å²) in [5.41, 5.74) is 7.22. The summed E-state index contributed by atoms with van der Waals surface area (Å²) < 4.78 is 0. The number of nitrogens with one attached hydrogen (secondary N) is 2. The molecule has 0 bridgehead atoms. The molecule has 2 heteroatoms. The lowest BCUT2D eigenvalue weighted by molar-refractivity contribution is 0.688. The van der Waals surface area contributed by atoms with Crippen LogP contribution >= 0.6 is 0 Å². The van der Waals surface area contributed by atoms with Gasteiger partial charge in [0.1, 0.15) is 0 Å². The van der Waals surface area contributed by atoms with Crippen molar-refractivity contribution in [1.29, 1.82) is 0 Å². The average molecular weight is 453 g/mol. The van der Waals surface area contributed by atoms with Crippen molar-refractivity contribution in [2.45, 2.75) is 52.4 Å². The van der Waals surface area contributed by atoms with Crippen molar-refractivity contribution in [3.63, 3.8) is 0 Å². The molecule has 34 heavy (non-hydrogen) atoms. The summed E-state index contributed by atoms with van der Waals surface area (Å²) in [6.45, 7) is 6.45. The molecule has 0 aliphatic rings. The van der Waals surface area contributed by atoms with Gasteiger partial charge in [0.2, 0.25) is 0 Å². The SMILES string of the molecule is CCCCCNC(=Cc1ccccc1)c1ccccc1C(=Cc1ccccc1)NCCCCC. The Bertz CT molecular complexity index is 935. The van der Waals surface area contributed by atoms with Crippen LogP contribution < -0.4 is 10.6 Å². The largest absolute Gasteiger partial charge is 0.385 e. The first-order valence-corrected chi connectivity index (χ1v) is 12.9. The molecule has 2 nitrogen and oxygen atoms in total. The number of benzene rings is 3.